The predicted molar refractivity (Wildman–Crippen MR) is 76.9 cm³/mol. The number of benzene rings is 1. The van der Waals surface area contributed by atoms with Crippen molar-refractivity contribution in [3.05, 3.63) is 23.2 Å². The number of halogens is 1. The summed E-state index contributed by atoms with van der Waals surface area (Å²) in [6.45, 7) is 6.27. The monoisotopic (exact) mass is 269 g/mol. The van der Waals surface area contributed by atoms with Gasteiger partial charge in [0.1, 0.15) is 0 Å². The van der Waals surface area contributed by atoms with Gasteiger partial charge in [0.15, 0.2) is 0 Å². The molecule has 0 aliphatic carbocycles. The zero-order valence-electron chi connectivity index (χ0n) is 10.9. The van der Waals surface area contributed by atoms with Crippen LogP contribution in [0.25, 0.3) is 0 Å². The lowest BCUT2D eigenvalue weighted by molar-refractivity contribution is -0.117. The highest BCUT2D eigenvalue weighted by molar-refractivity contribution is 6.31. The van der Waals surface area contributed by atoms with E-state index in [1.807, 2.05) is 6.92 Å². The van der Waals surface area contributed by atoms with E-state index in [0.29, 0.717) is 22.9 Å². The molecule has 1 aromatic carbocycles. The van der Waals surface area contributed by atoms with Gasteiger partial charge in [0.25, 0.3) is 0 Å². The molecule has 18 heavy (non-hydrogen) atoms. The van der Waals surface area contributed by atoms with E-state index in [-0.39, 0.29) is 5.91 Å². The third-order valence-corrected chi connectivity index (χ3v) is 2.88. The van der Waals surface area contributed by atoms with Crippen molar-refractivity contribution in [2.24, 2.45) is 0 Å². The van der Waals surface area contributed by atoms with E-state index in [1.165, 1.54) is 0 Å². The second-order valence-corrected chi connectivity index (χ2v) is 4.58. The molecule has 1 rings (SSSR count). The summed E-state index contributed by atoms with van der Waals surface area (Å²) in [7, 11) is 0. The van der Waals surface area contributed by atoms with Crippen molar-refractivity contribution < 1.29 is 4.79 Å². The molecule has 3 N–H and O–H groups in total. The Morgan fingerprint density at radius 3 is 2.78 bits per heavy atom. The van der Waals surface area contributed by atoms with Gasteiger partial charge in [0, 0.05) is 5.02 Å². The van der Waals surface area contributed by atoms with Crippen molar-refractivity contribution in [2.75, 3.05) is 30.7 Å². The number of anilines is 2. The van der Waals surface area contributed by atoms with Gasteiger partial charge in [-0.3, -0.25) is 9.69 Å². The zero-order chi connectivity index (χ0) is 13.5. The summed E-state index contributed by atoms with van der Waals surface area (Å²) < 4.78 is 0. The number of hydrogen-bond donors (Lipinski definition) is 2. The first-order valence-corrected chi connectivity index (χ1v) is 6.51. The molecule has 4 nitrogen and oxygen atoms in total. The van der Waals surface area contributed by atoms with Crippen LogP contribution >= 0.6 is 11.6 Å². The third-order valence-electron chi connectivity index (χ3n) is 2.64. The van der Waals surface area contributed by atoms with Gasteiger partial charge in [-0.25, -0.2) is 0 Å². The van der Waals surface area contributed by atoms with Gasteiger partial charge in [-0.1, -0.05) is 25.4 Å². The average molecular weight is 270 g/mol. The van der Waals surface area contributed by atoms with Crippen LogP contribution in [0.15, 0.2) is 18.2 Å². The second kappa shape index (κ2) is 7.24. The van der Waals surface area contributed by atoms with Crippen LogP contribution < -0.4 is 11.1 Å². The minimum atomic E-state index is -0.0701. The first-order chi connectivity index (χ1) is 8.56. The summed E-state index contributed by atoms with van der Waals surface area (Å²) in [6.07, 6.45) is 1.03. The molecule has 0 heterocycles. The van der Waals surface area contributed by atoms with Gasteiger partial charge >= 0.3 is 0 Å². The molecule has 0 aromatic heterocycles. The topological polar surface area (TPSA) is 58.4 Å². The van der Waals surface area contributed by atoms with E-state index >= 15 is 0 Å². The summed E-state index contributed by atoms with van der Waals surface area (Å²) in [5.41, 5.74) is 6.86. The van der Waals surface area contributed by atoms with Crippen molar-refractivity contribution in [1.29, 1.82) is 0 Å². The number of hydrogen-bond acceptors (Lipinski definition) is 3. The first kappa shape index (κ1) is 14.8. The average Bonchev–Trinajstić information content (AvgIpc) is 2.33. The van der Waals surface area contributed by atoms with Crippen molar-refractivity contribution in [1.82, 2.24) is 4.90 Å². The van der Waals surface area contributed by atoms with Crippen molar-refractivity contribution in [2.45, 2.75) is 20.3 Å². The summed E-state index contributed by atoms with van der Waals surface area (Å²) in [4.78, 5) is 13.9. The van der Waals surface area contributed by atoms with Gasteiger partial charge in [-0.05, 0) is 37.7 Å². The highest BCUT2D eigenvalue weighted by Gasteiger charge is 2.10. The fraction of sp³-hybridized carbons (Fsp3) is 0.462. The van der Waals surface area contributed by atoms with Crippen LogP contribution in [0, 0.1) is 0 Å². The molecular weight excluding hydrogens is 250 g/mol. The number of nitrogen functional groups attached to an aromatic ring is 1. The van der Waals surface area contributed by atoms with Crippen LogP contribution in [0.2, 0.25) is 5.02 Å². The Balaban J connectivity index is 2.61. The maximum absolute atomic E-state index is 11.9. The van der Waals surface area contributed by atoms with E-state index < -0.39 is 0 Å². The van der Waals surface area contributed by atoms with Crippen molar-refractivity contribution in [3.63, 3.8) is 0 Å². The number of carbonyl (C=O) groups is 1. The van der Waals surface area contributed by atoms with Gasteiger partial charge < -0.3 is 11.1 Å². The molecule has 0 spiro atoms. The lowest BCUT2D eigenvalue weighted by Crippen LogP contribution is -2.33. The summed E-state index contributed by atoms with van der Waals surface area (Å²) in [5, 5.41) is 3.34. The van der Waals surface area contributed by atoms with Crippen LogP contribution in [0.5, 0.6) is 0 Å². The van der Waals surface area contributed by atoms with Crippen LogP contribution in [-0.2, 0) is 4.79 Å². The smallest absolute Gasteiger partial charge is 0.238 e. The third kappa shape index (κ3) is 4.55. The first-order valence-electron chi connectivity index (χ1n) is 6.14. The molecule has 0 bridgehead atoms. The minimum absolute atomic E-state index is 0.0701. The number of nitrogens with two attached hydrogens (primary N) is 1. The molecule has 1 amide bonds. The molecule has 100 valence electrons. The Morgan fingerprint density at radius 2 is 2.17 bits per heavy atom. The summed E-state index contributed by atoms with van der Waals surface area (Å²) >= 11 is 5.87. The van der Waals surface area contributed by atoms with E-state index in [2.05, 4.69) is 17.1 Å². The van der Waals surface area contributed by atoms with E-state index in [9.17, 15) is 4.79 Å². The molecule has 1 aromatic rings. The number of nitrogens with one attached hydrogen (secondary N) is 1. The summed E-state index contributed by atoms with van der Waals surface area (Å²) in [5.74, 6) is -0.0701. The van der Waals surface area contributed by atoms with Gasteiger partial charge in [-0.15, -0.1) is 0 Å². The quantitative estimate of drug-likeness (QED) is 0.781. The van der Waals surface area contributed by atoms with Crippen molar-refractivity contribution in [3.8, 4) is 0 Å². The van der Waals surface area contributed by atoms with Crippen LogP contribution in [0.4, 0.5) is 11.4 Å². The normalized spacial score (nSPS) is 10.7. The van der Waals surface area contributed by atoms with Crippen molar-refractivity contribution >= 4 is 28.9 Å². The van der Waals surface area contributed by atoms with Gasteiger partial charge in [0.05, 0.1) is 17.9 Å². The highest BCUT2D eigenvalue weighted by atomic mass is 35.5. The maximum Gasteiger partial charge on any atom is 0.238 e. The number of nitrogens with zero attached hydrogens (tertiary/aromatic N) is 1. The Hall–Kier alpha value is -1.26. The highest BCUT2D eigenvalue weighted by Crippen LogP contribution is 2.22. The number of amides is 1. The Labute approximate surface area is 113 Å². The van der Waals surface area contributed by atoms with Gasteiger partial charge in [-0.2, -0.15) is 0 Å². The fourth-order valence-corrected chi connectivity index (χ4v) is 1.87. The van der Waals surface area contributed by atoms with E-state index in [4.69, 9.17) is 17.3 Å². The van der Waals surface area contributed by atoms with E-state index in [0.717, 1.165) is 19.5 Å². The molecule has 0 saturated carbocycles. The second-order valence-electron chi connectivity index (χ2n) is 4.15. The molecule has 0 atom stereocenters. The number of rotatable bonds is 6. The fourth-order valence-electron chi connectivity index (χ4n) is 1.69. The van der Waals surface area contributed by atoms with E-state index in [1.54, 1.807) is 18.2 Å². The molecule has 0 radical (unpaired) electrons. The molecule has 5 heteroatoms. The standard InChI is InChI=1S/C13H20ClN3O/c1-3-7-17(4-2)9-13(18)16-12-8-10(14)5-6-11(12)15/h5-6,8H,3-4,7,9,15H2,1-2H3,(H,16,18). The molecule has 0 aliphatic rings. The van der Waals surface area contributed by atoms with Crippen LogP contribution in [0.3, 0.4) is 0 Å². The zero-order valence-corrected chi connectivity index (χ0v) is 11.6. The molecular formula is C13H20ClN3O. The number of likely N-dealkylation sites (N-methyl/N-ethyl adjacent to an activating group) is 1. The molecule has 0 unspecified atom stereocenters. The lowest BCUT2D eigenvalue weighted by Gasteiger charge is -2.19. The SMILES string of the molecule is CCCN(CC)CC(=O)Nc1cc(Cl)ccc1N. The predicted octanol–water partition coefficient (Wildman–Crippen LogP) is 2.59. The van der Waals surface area contributed by atoms with Gasteiger partial charge in [0.2, 0.25) is 5.91 Å². The van der Waals surface area contributed by atoms with Crippen LogP contribution in [0.1, 0.15) is 20.3 Å². The molecule has 0 fully saturated rings. The Bertz CT molecular complexity index is 409. The maximum atomic E-state index is 11.9. The molecule has 0 aliphatic heterocycles. The Morgan fingerprint density at radius 1 is 1.44 bits per heavy atom. The van der Waals surface area contributed by atoms with Crippen LogP contribution in [-0.4, -0.2) is 30.4 Å². The minimum Gasteiger partial charge on any atom is -0.397 e. The number of carbonyl (C=O) groups excluding carboxylic acids is 1. The largest absolute Gasteiger partial charge is 0.397 e. The molecule has 0 saturated heterocycles. The Kier molecular flexibility index (Phi) is 5.95. The summed E-state index contributed by atoms with van der Waals surface area (Å²) in [6, 6.07) is 5.04. The lowest BCUT2D eigenvalue weighted by atomic mass is 10.2.